The first-order valence-corrected chi connectivity index (χ1v) is 17.5. The van der Waals surface area contributed by atoms with Gasteiger partial charge in [0.1, 0.15) is 5.57 Å². The highest BCUT2D eigenvalue weighted by Gasteiger charge is 2.81. The summed E-state index contributed by atoms with van der Waals surface area (Å²) in [7, 11) is 0. The third-order valence-electron chi connectivity index (χ3n) is 9.83. The van der Waals surface area contributed by atoms with Crippen LogP contribution >= 0.6 is 0 Å². The minimum absolute atomic E-state index is 0.162. The van der Waals surface area contributed by atoms with Crippen molar-refractivity contribution >= 4 is 12.0 Å². The summed E-state index contributed by atoms with van der Waals surface area (Å²) in [5, 5.41) is 28.2. The highest BCUT2D eigenvalue weighted by atomic mass is 19.5. The van der Waals surface area contributed by atoms with E-state index in [9.17, 15) is 139 Å². The summed E-state index contributed by atoms with van der Waals surface area (Å²) >= 11 is 0. The first kappa shape index (κ1) is 62.1. The smallest absolute Gasteiger partial charge is 0.436 e. The third-order valence-corrected chi connectivity index (χ3v) is 9.83. The van der Waals surface area contributed by atoms with E-state index < -0.39 is 156 Å². The molecule has 0 aromatic heterocycles. The van der Waals surface area contributed by atoms with Gasteiger partial charge in [0.05, 0.1) is 6.10 Å². The van der Waals surface area contributed by atoms with E-state index >= 15 is 0 Å². The van der Waals surface area contributed by atoms with Crippen LogP contribution in [0.3, 0.4) is 0 Å². The Morgan fingerprint density at radius 3 is 1.24 bits per heavy atom. The van der Waals surface area contributed by atoms with Crippen molar-refractivity contribution in [2.75, 3.05) is 6.61 Å². The van der Waals surface area contributed by atoms with Crippen LogP contribution in [0.5, 0.6) is 0 Å². The second-order valence-corrected chi connectivity index (χ2v) is 14.2. The number of aliphatic hydroxyl groups is 3. The number of ether oxygens (including phenoxy) is 3. The van der Waals surface area contributed by atoms with E-state index in [0.29, 0.717) is 6.08 Å². The molecule has 34 heteroatoms. The number of alkyl halides is 27. The molecule has 0 bridgehead atoms. The monoisotopic (exact) mass is 1060 g/mol. The zero-order valence-electron chi connectivity index (χ0n) is 33.0. The predicted molar refractivity (Wildman–Crippen MR) is 169 cm³/mol. The predicted octanol–water partition coefficient (Wildman–Crippen LogP) is 11.5. The molecule has 0 aliphatic heterocycles. The molecule has 0 spiro atoms. The highest BCUT2D eigenvalue weighted by Crippen LogP contribution is 2.60. The summed E-state index contributed by atoms with van der Waals surface area (Å²) in [6, 6.07) is -1.19. The van der Waals surface area contributed by atoms with Gasteiger partial charge >= 0.3 is 67.2 Å². The van der Waals surface area contributed by atoms with Gasteiger partial charge in [-0.25, -0.2) is 4.79 Å². The molecule has 1 fully saturated rings. The molecule has 68 heavy (non-hydrogen) atoms. The van der Waals surface area contributed by atoms with Gasteiger partial charge in [0.25, 0.3) is 16.8 Å². The summed E-state index contributed by atoms with van der Waals surface area (Å²) in [6.45, 7) is 6.78. The SMILES string of the molecule is C=C(C(=O)OC(C1CC(OC(C)OCC)CC(C(O)(C(F)(F)F)C(F)(F)F)C1)(C(F)(F)F)C(F)(F)F)C(F)(F)F.C=Cc1cc(C(O)(C(F)(F)F)C(F)(F)F)cc(C(O)(C(F)(F)F)C(F)(F)F)c1. The molecule has 1 saturated carbocycles. The number of rotatable bonds is 11. The summed E-state index contributed by atoms with van der Waals surface area (Å²) in [4.78, 5) is 11.8. The summed E-state index contributed by atoms with van der Waals surface area (Å²) in [5.41, 5.74) is -32.5. The maximum Gasteiger partial charge on any atom is 0.437 e. The summed E-state index contributed by atoms with van der Waals surface area (Å²) in [5.74, 6) is -10.6. The van der Waals surface area contributed by atoms with Crippen LogP contribution < -0.4 is 0 Å². The maximum absolute atomic E-state index is 14.1. The van der Waals surface area contributed by atoms with Gasteiger partial charge in [-0.2, -0.15) is 119 Å². The Morgan fingerprint density at radius 2 is 0.956 bits per heavy atom. The second kappa shape index (κ2) is 19.4. The molecule has 4 unspecified atom stereocenters. The van der Waals surface area contributed by atoms with Gasteiger partial charge < -0.3 is 29.5 Å². The van der Waals surface area contributed by atoms with Crippen molar-refractivity contribution in [2.45, 2.75) is 123 Å². The van der Waals surface area contributed by atoms with Crippen LogP contribution in [0.1, 0.15) is 49.8 Å². The van der Waals surface area contributed by atoms with Crippen molar-refractivity contribution in [3.8, 4) is 0 Å². The second-order valence-electron chi connectivity index (χ2n) is 14.2. The molecular weight excluding hydrogens is 1030 g/mol. The van der Waals surface area contributed by atoms with Gasteiger partial charge in [0, 0.05) is 29.6 Å². The molecule has 3 N–H and O–H groups in total. The van der Waals surface area contributed by atoms with Crippen LogP contribution in [0, 0.1) is 11.8 Å². The van der Waals surface area contributed by atoms with E-state index in [1.807, 2.05) is 6.58 Å². The molecular formula is C34H29F27O7. The Bertz CT molecular complexity index is 1800. The van der Waals surface area contributed by atoms with E-state index in [1.54, 1.807) is 0 Å². The summed E-state index contributed by atoms with van der Waals surface area (Å²) in [6.07, 6.45) is -69.2. The fraction of sp³-hybridized carbons (Fsp3) is 0.676. The van der Waals surface area contributed by atoms with Crippen molar-refractivity contribution in [3.63, 3.8) is 0 Å². The molecule has 2 rings (SSSR count). The number of hydrogen-bond donors (Lipinski definition) is 3. The number of esters is 1. The molecule has 0 amide bonds. The van der Waals surface area contributed by atoms with Gasteiger partial charge in [-0.3, -0.25) is 0 Å². The Morgan fingerprint density at radius 1 is 0.603 bits per heavy atom. The van der Waals surface area contributed by atoms with Gasteiger partial charge in [-0.15, -0.1) is 0 Å². The zero-order valence-corrected chi connectivity index (χ0v) is 33.0. The number of carbonyl (C=O) groups is 1. The molecule has 396 valence electrons. The molecule has 0 heterocycles. The van der Waals surface area contributed by atoms with Crippen LogP contribution in [-0.2, 0) is 30.2 Å². The van der Waals surface area contributed by atoms with Crippen molar-refractivity contribution in [3.05, 3.63) is 53.6 Å². The van der Waals surface area contributed by atoms with Crippen LogP contribution in [0.2, 0.25) is 0 Å². The average Bonchev–Trinajstić information content (AvgIpc) is 3.11. The first-order valence-electron chi connectivity index (χ1n) is 17.5. The van der Waals surface area contributed by atoms with Crippen molar-refractivity contribution in [1.29, 1.82) is 0 Å². The molecule has 1 aromatic rings. The lowest BCUT2D eigenvalue weighted by atomic mass is 9.65. The number of carbonyl (C=O) groups excluding carboxylic acids is 1. The van der Waals surface area contributed by atoms with Crippen molar-refractivity contribution in [2.24, 2.45) is 11.8 Å². The number of halogens is 27. The van der Waals surface area contributed by atoms with Crippen LogP contribution in [0.15, 0.2) is 36.9 Å². The van der Waals surface area contributed by atoms with Crippen molar-refractivity contribution < 1.29 is 153 Å². The Labute approximate surface area is 361 Å². The fourth-order valence-electron chi connectivity index (χ4n) is 6.53. The first-order chi connectivity index (χ1) is 29.7. The van der Waals surface area contributed by atoms with Gasteiger partial charge in [0.15, 0.2) is 6.29 Å². The lowest BCUT2D eigenvalue weighted by molar-refractivity contribution is -0.407. The zero-order chi connectivity index (χ0) is 54.5. The van der Waals surface area contributed by atoms with Crippen LogP contribution in [0.25, 0.3) is 6.08 Å². The molecule has 7 nitrogen and oxygen atoms in total. The quantitative estimate of drug-likeness (QED) is 0.0877. The fourth-order valence-corrected chi connectivity index (χ4v) is 6.53. The minimum atomic E-state index is -6.97. The summed E-state index contributed by atoms with van der Waals surface area (Å²) < 4.78 is 372. The maximum atomic E-state index is 14.1. The topological polar surface area (TPSA) is 105 Å². The van der Waals surface area contributed by atoms with E-state index in [1.165, 1.54) is 6.92 Å². The highest BCUT2D eigenvalue weighted by molar-refractivity contribution is 5.89. The standard InChI is InChI=1S/C20H21F15O5.C14H8F12O2/c1-4-38-9(3)39-12-6-10(14(37,17(24,25)26)18(27,28)29)5-11(7-12)15(19(30,31)32,20(33,34)35)40-13(36)8(2)16(21,22)23;1-2-6-3-7(9(27,11(15,16)17)12(18,19)20)5-8(4-6)10(28,13(21,22)23)14(24,25)26/h9-12,37H,2,4-7H2,1,3H3;2-5,27-28H,1H2. The third kappa shape index (κ3) is 11.8. The molecule has 0 radical (unpaired) electrons. The Kier molecular flexibility index (Phi) is 17.7. The molecule has 1 aromatic carbocycles. The minimum Gasteiger partial charge on any atom is -0.436 e. The van der Waals surface area contributed by atoms with E-state index in [2.05, 4.69) is 11.3 Å². The van der Waals surface area contributed by atoms with Gasteiger partial charge in [-0.1, -0.05) is 19.2 Å². The van der Waals surface area contributed by atoms with Crippen LogP contribution in [0.4, 0.5) is 119 Å². The van der Waals surface area contributed by atoms with Crippen molar-refractivity contribution in [1.82, 2.24) is 0 Å². The largest absolute Gasteiger partial charge is 0.437 e. The van der Waals surface area contributed by atoms with Crippen LogP contribution in [-0.4, -0.2) is 107 Å². The van der Waals surface area contributed by atoms with E-state index in [-0.39, 0.29) is 18.7 Å². The number of hydrogen-bond acceptors (Lipinski definition) is 7. The normalized spacial score (nSPS) is 19.7. The van der Waals surface area contributed by atoms with Gasteiger partial charge in [-0.05, 0) is 56.9 Å². The van der Waals surface area contributed by atoms with Gasteiger partial charge in [0.2, 0.25) is 0 Å². The Balaban J connectivity index is 0.000000724. The Hall–Kier alpha value is -3.92. The lowest BCUT2D eigenvalue weighted by Gasteiger charge is -2.50. The molecule has 1 aliphatic carbocycles. The number of benzene rings is 1. The molecule has 1 aliphatic rings. The molecule has 4 atom stereocenters. The van der Waals surface area contributed by atoms with E-state index in [4.69, 9.17) is 9.47 Å². The van der Waals surface area contributed by atoms with E-state index in [0.717, 1.165) is 6.92 Å². The molecule has 0 saturated heterocycles. The lowest BCUT2D eigenvalue weighted by Crippen LogP contribution is -2.68. The average molecular weight is 1060 g/mol.